The first-order valence-electron chi connectivity index (χ1n) is 48.9. The quantitative estimate of drug-likeness (QED) is 0.141. The van der Waals surface area contributed by atoms with Crippen LogP contribution in [-0.2, 0) is 10.8 Å². The van der Waals surface area contributed by atoms with Crippen LogP contribution in [0, 0.1) is 0 Å². The van der Waals surface area contributed by atoms with E-state index in [2.05, 4.69) is 0 Å². The van der Waals surface area contributed by atoms with Crippen molar-refractivity contribution < 1.29 is 60.3 Å². The Hall–Kier alpha value is -10.1. The molecule has 0 radical (unpaired) electrons. The zero-order chi connectivity index (χ0) is 96.7. The molecule has 17 rings (SSSR count). The van der Waals surface area contributed by atoms with Gasteiger partial charge in [-0.1, -0.05) is 199 Å². The van der Waals surface area contributed by atoms with E-state index < -0.39 is 417 Å². The minimum Gasteiger partial charge on any atom is -0.311 e. The fraction of sp³-hybridized carbons (Fsp3) is 0.100. The van der Waals surface area contributed by atoms with Crippen molar-refractivity contribution in [3.05, 3.63) is 277 Å². The number of anilines is 12. The van der Waals surface area contributed by atoms with Crippen LogP contribution in [0.25, 0.3) is 58.8 Å². The van der Waals surface area contributed by atoms with Gasteiger partial charge in [-0.25, -0.2) is 0 Å². The molecule has 0 N–H and O–H groups in total. The van der Waals surface area contributed by atoms with Crippen molar-refractivity contribution in [2.75, 3.05) is 19.6 Å². The summed E-state index contributed by atoms with van der Waals surface area (Å²) in [5.74, 6) is 0. The maximum atomic E-state index is 11.5. The lowest BCUT2D eigenvalue weighted by Gasteiger charge is -2.47. The number of para-hydroxylation sites is 5. The smallest absolute Gasteiger partial charge is 0.252 e. The SMILES string of the molecule is [2H]c1c([2H])c([2H])c(N(c2c([2H])c([2H])c([2H])c([2H])c2[2H])c2c([2H])c3c4c(c2[2H])N2c5c(c([2H])c([2H])c([2H])c5-n5c6c([2H])c([2H])c([2H])c([2H])c6c6c([2H])c([2H])c([2H])c2c65)B4c2c([2H])c([2H])c(N(c4c([2H])c([2H])c(C(C)(C)C)c([2H])c4[2H])c4c([2H])c([2H])c(C(C)(C)C)c([2H])c4[2H])c([2H])c2N3c2c([2H])c([2H])c(-c3c([2H])c([2H])c([2H])c4c3sc3c([2H])c([2H])c([2H])c([2H])c34)c([2H])c2[2H])c([2H])c1[2H]. The van der Waals surface area contributed by atoms with Crippen molar-refractivity contribution >= 4 is 145 Å². The molecule has 0 aliphatic carbocycles. The Morgan fingerprint density at radius 2 is 0.920 bits per heavy atom. The molecule has 0 amide bonds. The Labute approximate surface area is 574 Å². The predicted octanol–water partition coefficient (Wildman–Crippen LogP) is 20.7. The summed E-state index contributed by atoms with van der Waals surface area (Å²) in [6.07, 6.45) is 0. The number of hydrogen-bond donors (Lipinski definition) is 0. The molecule has 14 aromatic rings. The van der Waals surface area contributed by atoms with Crippen LogP contribution >= 0.6 is 11.3 Å². The van der Waals surface area contributed by atoms with Crippen molar-refractivity contribution in [2.24, 2.45) is 0 Å². The van der Waals surface area contributed by atoms with Crippen molar-refractivity contribution in [1.82, 2.24) is 4.57 Å². The highest BCUT2D eigenvalue weighted by atomic mass is 32.1. The Morgan fingerprint density at radius 3 is 1.60 bits per heavy atom. The summed E-state index contributed by atoms with van der Waals surface area (Å²) in [5, 5.41) is -2.07. The summed E-state index contributed by atoms with van der Waals surface area (Å²) >= 11 is 0.484. The van der Waals surface area contributed by atoms with Crippen LogP contribution in [0.5, 0.6) is 0 Å². The van der Waals surface area contributed by atoms with Gasteiger partial charge in [-0.05, 0) is 158 Å². The molecule has 0 unspecified atom stereocenters. The Bertz CT molecular complexity index is 7550. The number of thiophene rings is 1. The molecule has 3 aliphatic heterocycles. The third-order valence-corrected chi connectivity index (χ3v) is 16.2. The van der Waals surface area contributed by atoms with Gasteiger partial charge >= 0.3 is 0 Å². The van der Waals surface area contributed by atoms with Gasteiger partial charge in [-0.15, -0.1) is 11.3 Å². The number of rotatable bonds is 8. The van der Waals surface area contributed by atoms with Crippen LogP contribution in [0.4, 0.5) is 68.2 Å². The molecule has 0 atom stereocenters. The minimum absolute atomic E-state index is 0.270. The first-order chi connectivity index (χ1) is 60.8. The molecule has 0 bridgehead atoms. The first kappa shape index (κ1) is 23.7. The van der Waals surface area contributed by atoms with Gasteiger partial charge in [0.25, 0.3) is 6.71 Å². The highest BCUT2D eigenvalue weighted by Crippen LogP contribution is 2.55. The summed E-state index contributed by atoms with van der Waals surface area (Å²) in [7, 11) is 0. The highest BCUT2D eigenvalue weighted by molar-refractivity contribution is 7.26. The first-order valence-corrected chi connectivity index (χ1v) is 27.7. The Morgan fingerprint density at radius 1 is 0.391 bits per heavy atom. The zero-order valence-corrected chi connectivity index (χ0v) is 47.0. The van der Waals surface area contributed by atoms with Crippen LogP contribution in [0.3, 0.4) is 0 Å². The highest BCUT2D eigenvalue weighted by Gasteiger charge is 2.47. The number of aromatic nitrogens is 1. The number of hydrogen-bond acceptors (Lipinski definition) is 5. The van der Waals surface area contributed by atoms with Gasteiger partial charge in [-0.2, -0.15) is 0 Å². The Balaban J connectivity index is 1.19. The number of fused-ring (bicyclic) bond motifs is 12. The molecule has 2 aromatic heterocycles. The second-order valence-electron chi connectivity index (χ2n) is 22.3. The standard InChI is InChI=1S/C80H62BN5S/c1-79(2,3)52-36-42-56(43-37-52)82(57-44-38-53(39-45-57)80(4,5)6)59-46-47-66-71(48-59)84(58-40-34-51(35-41-58)61-26-17-28-65-63-25-14-16-33-74(63)87-78(61)65)72-49-60(83(54-20-9-7-10-21-54)55-22-11-8-12-23-55)50-73-75(72)81(66)67-29-19-32-70-77(67)86(73)69-31-18-27-64-62-24-13-15-30-68(62)85(70)76(64)69/h7-50H,1-6H3/i7D,8D,9D,10D,11D,12D,13D,14D,15D,16D,17D,18D,19D,20D,21D,22D,23D,24D,25D,26D,27D,28D,29D,30D,31D,32D,33D,34D,35D,36D,37D,38D,39D,40D,41D,42D,43D,44D,45D,46D,47D,48D,49D,50D. The van der Waals surface area contributed by atoms with Crippen molar-refractivity contribution in [3.63, 3.8) is 0 Å². The average molecular weight is 1180 g/mol. The summed E-state index contributed by atoms with van der Waals surface area (Å²) < 4.78 is 434. The molecule has 0 spiro atoms. The molecule has 0 fully saturated rings. The summed E-state index contributed by atoms with van der Waals surface area (Å²) in [5.41, 5.74) is -23.8. The van der Waals surface area contributed by atoms with Gasteiger partial charge in [0, 0.05) is 82.1 Å². The molecule has 416 valence electrons. The van der Waals surface area contributed by atoms with E-state index in [9.17, 15) is 49.3 Å². The lowest BCUT2D eigenvalue weighted by molar-refractivity contribution is 0.590. The van der Waals surface area contributed by atoms with E-state index >= 15 is 0 Å². The predicted molar refractivity (Wildman–Crippen MR) is 373 cm³/mol. The topological polar surface area (TPSA) is 17.9 Å². The lowest BCUT2D eigenvalue weighted by Crippen LogP contribution is -2.61. The fourth-order valence-electron chi connectivity index (χ4n) is 11.2. The molecule has 7 heteroatoms. The van der Waals surface area contributed by atoms with Crippen molar-refractivity contribution in [2.45, 2.75) is 52.4 Å². The van der Waals surface area contributed by atoms with Gasteiger partial charge in [0.2, 0.25) is 0 Å². The summed E-state index contributed by atoms with van der Waals surface area (Å²) in [4.78, 5) is 1.93. The van der Waals surface area contributed by atoms with E-state index in [0.29, 0.717) is 21.1 Å². The van der Waals surface area contributed by atoms with Gasteiger partial charge in [0.05, 0.1) is 94.1 Å². The third-order valence-electron chi connectivity index (χ3n) is 15.1. The number of benzene rings is 12. The van der Waals surface area contributed by atoms with E-state index in [-0.39, 0.29) is 26.1 Å². The van der Waals surface area contributed by atoms with Crippen LogP contribution in [0.1, 0.15) is 113 Å². The summed E-state index contributed by atoms with van der Waals surface area (Å²) in [6, 6.07) is -49.8. The van der Waals surface area contributed by atoms with Gasteiger partial charge in [-0.3, -0.25) is 0 Å². The number of nitrogens with zero attached hydrogens (tertiary/aromatic N) is 5. The zero-order valence-electron chi connectivity index (χ0n) is 90.2. The van der Waals surface area contributed by atoms with Crippen LogP contribution in [0.2, 0.25) is 0 Å². The second-order valence-corrected chi connectivity index (χ2v) is 23.4. The second kappa shape index (κ2) is 19.2. The van der Waals surface area contributed by atoms with Gasteiger partial charge in [0.15, 0.2) is 0 Å². The van der Waals surface area contributed by atoms with Crippen LogP contribution < -0.4 is 36.0 Å². The molecule has 12 aromatic carbocycles. The maximum absolute atomic E-state index is 11.5. The van der Waals surface area contributed by atoms with Crippen LogP contribution in [-0.4, -0.2) is 11.3 Å². The third kappa shape index (κ3) is 7.92. The van der Waals surface area contributed by atoms with Crippen molar-refractivity contribution in [3.8, 4) is 16.8 Å². The van der Waals surface area contributed by atoms with E-state index in [1.807, 2.05) is 0 Å². The lowest BCUT2D eigenvalue weighted by atomic mass is 9.33. The van der Waals surface area contributed by atoms with Crippen molar-refractivity contribution in [1.29, 1.82) is 0 Å². The Kier molecular flexibility index (Phi) is 5.22. The largest absolute Gasteiger partial charge is 0.311 e. The monoisotopic (exact) mass is 1180 g/mol. The summed E-state index contributed by atoms with van der Waals surface area (Å²) in [6.45, 7) is 6.54. The molecule has 87 heavy (non-hydrogen) atoms. The minimum atomic E-state index is -2.55. The van der Waals surface area contributed by atoms with E-state index in [1.165, 1.54) is 41.5 Å². The van der Waals surface area contributed by atoms with E-state index in [0.717, 1.165) is 9.47 Å². The van der Waals surface area contributed by atoms with Gasteiger partial charge < -0.3 is 24.2 Å². The maximum Gasteiger partial charge on any atom is 0.252 e. The fourth-order valence-corrected chi connectivity index (χ4v) is 12.3. The molecule has 5 heterocycles. The normalized spacial score (nSPS) is 20.2. The molecular formula is C80H62BN5S. The van der Waals surface area contributed by atoms with Gasteiger partial charge in [0.1, 0.15) is 0 Å². The molecular weight excluding hydrogens is 1070 g/mol. The van der Waals surface area contributed by atoms with Crippen LogP contribution in [0.15, 0.2) is 266 Å². The molecule has 3 aliphatic rings. The molecule has 0 saturated carbocycles. The van der Waals surface area contributed by atoms with E-state index in [4.69, 9.17) is 11.0 Å². The average Bonchev–Trinajstić information content (AvgIpc) is 1.64. The van der Waals surface area contributed by atoms with E-state index in [1.54, 1.807) is 0 Å². The molecule has 0 saturated heterocycles. The molecule has 5 nitrogen and oxygen atoms in total.